The highest BCUT2D eigenvalue weighted by molar-refractivity contribution is 5.81. The first-order valence-electron chi connectivity index (χ1n) is 7.96. The van der Waals surface area contributed by atoms with Crippen LogP contribution in [0.4, 0.5) is 0 Å². The fraction of sp³-hybridized carbons (Fsp3) is 0.941. The molecule has 0 N–H and O–H groups in total. The van der Waals surface area contributed by atoms with Crippen LogP contribution >= 0.6 is 0 Å². The molecule has 0 aromatic carbocycles. The molecule has 1 rings (SSSR count). The van der Waals surface area contributed by atoms with Gasteiger partial charge in [-0.25, -0.2) is 0 Å². The van der Waals surface area contributed by atoms with Gasteiger partial charge in [-0.3, -0.25) is 9.69 Å². The topological polar surface area (TPSA) is 23.6 Å². The molecule has 20 heavy (non-hydrogen) atoms. The van der Waals surface area contributed by atoms with Crippen molar-refractivity contribution in [2.24, 2.45) is 5.41 Å². The molecular weight excluding hydrogens is 248 g/mol. The van der Waals surface area contributed by atoms with E-state index in [0.29, 0.717) is 12.1 Å². The van der Waals surface area contributed by atoms with Gasteiger partial charge >= 0.3 is 0 Å². The van der Waals surface area contributed by atoms with Crippen molar-refractivity contribution in [1.82, 2.24) is 9.80 Å². The monoisotopic (exact) mass is 282 g/mol. The molecule has 3 heteroatoms. The van der Waals surface area contributed by atoms with Gasteiger partial charge in [0.1, 0.15) is 0 Å². The van der Waals surface area contributed by atoms with Crippen LogP contribution in [0.25, 0.3) is 0 Å². The first-order chi connectivity index (χ1) is 8.96. The first-order valence-corrected chi connectivity index (χ1v) is 7.96. The first kappa shape index (κ1) is 17.5. The number of likely N-dealkylation sites (N-methyl/N-ethyl adjacent to an activating group) is 2. The molecule has 0 bridgehead atoms. The van der Waals surface area contributed by atoms with Gasteiger partial charge in [-0.1, -0.05) is 33.6 Å². The lowest BCUT2D eigenvalue weighted by Gasteiger charge is -2.48. The Bertz CT molecular complexity index is 338. The molecule has 1 amide bonds. The minimum atomic E-state index is -0.295. The molecule has 0 spiro atoms. The zero-order valence-corrected chi connectivity index (χ0v) is 14.8. The largest absolute Gasteiger partial charge is 0.341 e. The number of nitrogens with zero attached hydrogens (tertiary/aromatic N) is 2. The quantitative estimate of drug-likeness (QED) is 0.773. The van der Waals surface area contributed by atoms with Gasteiger partial charge < -0.3 is 4.90 Å². The lowest BCUT2D eigenvalue weighted by Crippen LogP contribution is -2.58. The van der Waals surface area contributed by atoms with Gasteiger partial charge in [-0.15, -0.1) is 0 Å². The molecule has 0 heterocycles. The third-order valence-corrected chi connectivity index (χ3v) is 4.71. The summed E-state index contributed by atoms with van der Waals surface area (Å²) in [6.45, 7) is 12.8. The third-order valence-electron chi connectivity index (χ3n) is 4.71. The van der Waals surface area contributed by atoms with E-state index < -0.39 is 0 Å². The van der Waals surface area contributed by atoms with Crippen molar-refractivity contribution in [3.63, 3.8) is 0 Å². The number of hydrogen-bond acceptors (Lipinski definition) is 2. The van der Waals surface area contributed by atoms with Crippen molar-refractivity contribution >= 4 is 5.91 Å². The maximum atomic E-state index is 12.6. The van der Waals surface area contributed by atoms with Crippen LogP contribution in [-0.4, -0.2) is 47.4 Å². The van der Waals surface area contributed by atoms with Gasteiger partial charge in [0.25, 0.3) is 0 Å². The van der Waals surface area contributed by atoms with Gasteiger partial charge in [0.05, 0.1) is 0 Å². The summed E-state index contributed by atoms with van der Waals surface area (Å²) in [5.74, 6) is 0.261. The van der Waals surface area contributed by atoms with Crippen LogP contribution in [-0.2, 0) is 4.79 Å². The summed E-state index contributed by atoms with van der Waals surface area (Å²) in [5, 5.41) is 0. The lowest BCUT2D eigenvalue weighted by atomic mass is 9.84. The van der Waals surface area contributed by atoms with Gasteiger partial charge in [0.2, 0.25) is 5.91 Å². The normalized spacial score (nSPS) is 24.9. The van der Waals surface area contributed by atoms with Gasteiger partial charge in [-0.2, -0.15) is 0 Å². The van der Waals surface area contributed by atoms with Crippen molar-refractivity contribution < 1.29 is 4.79 Å². The lowest BCUT2D eigenvalue weighted by molar-refractivity contribution is -0.143. The van der Waals surface area contributed by atoms with E-state index in [2.05, 4.69) is 32.7 Å². The minimum Gasteiger partial charge on any atom is -0.341 e. The predicted molar refractivity (Wildman–Crippen MR) is 85.8 cm³/mol. The summed E-state index contributed by atoms with van der Waals surface area (Å²) >= 11 is 0. The number of hydrogen-bond donors (Lipinski definition) is 0. The van der Waals surface area contributed by atoms with Crippen LogP contribution in [0, 0.1) is 5.41 Å². The van der Waals surface area contributed by atoms with E-state index in [1.54, 1.807) is 0 Å². The average Bonchev–Trinajstić information content (AvgIpc) is 2.34. The second-order valence-electron chi connectivity index (χ2n) is 8.37. The van der Waals surface area contributed by atoms with Gasteiger partial charge in [-0.05, 0) is 40.7 Å². The molecule has 1 aliphatic rings. The molecule has 3 nitrogen and oxygen atoms in total. The van der Waals surface area contributed by atoms with Gasteiger partial charge in [0.15, 0.2) is 0 Å². The molecule has 118 valence electrons. The van der Waals surface area contributed by atoms with Crippen LogP contribution in [0.2, 0.25) is 0 Å². The fourth-order valence-corrected chi connectivity index (χ4v) is 3.17. The molecular formula is C17H34N2O. The summed E-state index contributed by atoms with van der Waals surface area (Å²) in [6, 6.07) is 0.819. The molecule has 2 unspecified atom stereocenters. The number of carbonyl (C=O) groups is 1. The Morgan fingerprint density at radius 1 is 0.900 bits per heavy atom. The highest BCUT2D eigenvalue weighted by Gasteiger charge is 2.38. The summed E-state index contributed by atoms with van der Waals surface area (Å²) in [4.78, 5) is 17.1. The molecule has 2 atom stereocenters. The Labute approximate surface area is 125 Å². The molecule has 0 aliphatic heterocycles. The molecule has 0 aromatic rings. The van der Waals surface area contributed by atoms with Crippen LogP contribution in [0.1, 0.15) is 67.2 Å². The second kappa shape index (κ2) is 6.05. The van der Waals surface area contributed by atoms with E-state index in [1.165, 1.54) is 19.3 Å². The average molecular weight is 282 g/mol. The Morgan fingerprint density at radius 2 is 1.35 bits per heavy atom. The van der Waals surface area contributed by atoms with E-state index in [4.69, 9.17) is 0 Å². The highest BCUT2D eigenvalue weighted by Crippen LogP contribution is 2.31. The molecule has 0 saturated heterocycles. The van der Waals surface area contributed by atoms with Gasteiger partial charge in [0, 0.05) is 30.1 Å². The van der Waals surface area contributed by atoms with E-state index in [1.807, 2.05) is 32.7 Å². The molecule has 1 aliphatic carbocycles. The van der Waals surface area contributed by atoms with E-state index in [9.17, 15) is 4.79 Å². The maximum Gasteiger partial charge on any atom is 0.227 e. The van der Waals surface area contributed by atoms with Crippen LogP contribution in [0.3, 0.4) is 0 Å². The molecule has 0 aromatic heterocycles. The second-order valence-corrected chi connectivity index (χ2v) is 8.37. The molecule has 1 saturated carbocycles. The molecule has 1 fully saturated rings. The summed E-state index contributed by atoms with van der Waals surface area (Å²) in [7, 11) is 4.20. The summed E-state index contributed by atoms with van der Waals surface area (Å²) < 4.78 is 0. The predicted octanol–water partition coefficient (Wildman–Crippen LogP) is 3.53. The van der Waals surface area contributed by atoms with Crippen molar-refractivity contribution in [2.75, 3.05) is 14.1 Å². The van der Waals surface area contributed by atoms with Crippen LogP contribution in [0.15, 0.2) is 0 Å². The molecule has 0 radical (unpaired) electrons. The van der Waals surface area contributed by atoms with Crippen molar-refractivity contribution in [1.29, 1.82) is 0 Å². The SMILES string of the molecule is CN(C(=O)C(C)(C)C)C1CCCCC1N(C)C(C)(C)C. The smallest absolute Gasteiger partial charge is 0.227 e. The third kappa shape index (κ3) is 3.97. The van der Waals surface area contributed by atoms with Crippen molar-refractivity contribution in [2.45, 2.75) is 84.8 Å². The number of amides is 1. The maximum absolute atomic E-state index is 12.6. The summed E-state index contributed by atoms with van der Waals surface area (Å²) in [6.07, 6.45) is 4.84. The Hall–Kier alpha value is -0.570. The Balaban J connectivity index is 2.92. The number of rotatable bonds is 2. The van der Waals surface area contributed by atoms with E-state index in [0.717, 1.165) is 6.42 Å². The van der Waals surface area contributed by atoms with Crippen molar-refractivity contribution in [3.05, 3.63) is 0 Å². The summed E-state index contributed by atoms with van der Waals surface area (Å²) in [5.41, 5.74) is -0.150. The van der Waals surface area contributed by atoms with Crippen LogP contribution < -0.4 is 0 Å². The zero-order chi connectivity index (χ0) is 15.7. The zero-order valence-electron chi connectivity index (χ0n) is 14.8. The minimum absolute atomic E-state index is 0.145. The van der Waals surface area contributed by atoms with E-state index >= 15 is 0 Å². The van der Waals surface area contributed by atoms with Crippen molar-refractivity contribution in [3.8, 4) is 0 Å². The Kier molecular flexibility index (Phi) is 5.29. The Morgan fingerprint density at radius 3 is 1.75 bits per heavy atom. The van der Waals surface area contributed by atoms with Crippen LogP contribution in [0.5, 0.6) is 0 Å². The van der Waals surface area contributed by atoms with E-state index in [-0.39, 0.29) is 16.9 Å². The standard InChI is InChI=1S/C17H34N2O/c1-16(2,3)15(20)18(7)13-11-9-10-12-14(13)19(8)17(4,5)6/h13-14H,9-12H2,1-8H3. The highest BCUT2D eigenvalue weighted by atomic mass is 16.2. The fourth-order valence-electron chi connectivity index (χ4n) is 3.17. The number of carbonyl (C=O) groups excluding carboxylic acids is 1.